The summed E-state index contributed by atoms with van der Waals surface area (Å²) in [7, 11) is 0. The third-order valence-electron chi connectivity index (χ3n) is 3.12. The Kier molecular flexibility index (Phi) is 13.9. The first-order valence-electron chi connectivity index (χ1n) is 8.33. The summed E-state index contributed by atoms with van der Waals surface area (Å²) in [5.41, 5.74) is 0. The summed E-state index contributed by atoms with van der Waals surface area (Å²) in [6.45, 7) is 2.10. The maximum atomic E-state index is 4.00. The number of hydrogen-bond donors (Lipinski definition) is 1. The molecule has 0 aromatic carbocycles. The lowest BCUT2D eigenvalue weighted by Crippen LogP contribution is -1.98. The number of aryl methyl sites for hydroxylation is 2. The van der Waals surface area contributed by atoms with Crippen molar-refractivity contribution in [1.82, 2.24) is 29.1 Å². The lowest BCUT2D eigenvalue weighted by atomic mass is 10.3. The Morgan fingerprint density at radius 2 is 1.28 bits per heavy atom. The van der Waals surface area contributed by atoms with Gasteiger partial charge in [-0.15, -0.1) is 0 Å². The third-order valence-corrected chi connectivity index (χ3v) is 4.25. The van der Waals surface area contributed by atoms with Gasteiger partial charge in [-0.3, -0.25) is 0 Å². The van der Waals surface area contributed by atoms with Crippen LogP contribution in [-0.4, -0.2) is 39.7 Å². The number of hydrogen-bond acceptors (Lipinski definition) is 3. The Balaban J connectivity index is 0.000000235. The highest BCUT2D eigenvalue weighted by molar-refractivity contribution is 9.09. The molecule has 0 saturated carbocycles. The van der Waals surface area contributed by atoms with Gasteiger partial charge < -0.3 is 14.1 Å². The van der Waals surface area contributed by atoms with Crippen LogP contribution in [0.5, 0.6) is 0 Å². The van der Waals surface area contributed by atoms with E-state index in [1.807, 2.05) is 37.4 Å². The molecule has 0 saturated heterocycles. The van der Waals surface area contributed by atoms with Crippen LogP contribution in [-0.2, 0) is 13.1 Å². The summed E-state index contributed by atoms with van der Waals surface area (Å²) in [6.07, 6.45) is 21.3. The topological polar surface area (TPSA) is 64.3 Å². The van der Waals surface area contributed by atoms with E-state index in [1.54, 1.807) is 18.7 Å². The van der Waals surface area contributed by atoms with Gasteiger partial charge in [-0.1, -0.05) is 31.9 Å². The molecule has 3 rings (SSSR count). The van der Waals surface area contributed by atoms with E-state index >= 15 is 0 Å². The first kappa shape index (κ1) is 21.6. The summed E-state index contributed by atoms with van der Waals surface area (Å²) in [6, 6.07) is 0. The molecule has 3 aromatic heterocycles. The fourth-order valence-electron chi connectivity index (χ4n) is 1.83. The number of alkyl halides is 2. The van der Waals surface area contributed by atoms with E-state index in [2.05, 4.69) is 60.9 Å². The molecule has 0 radical (unpaired) electrons. The molecular formula is C17H26Br2N6. The van der Waals surface area contributed by atoms with E-state index in [9.17, 15) is 0 Å². The van der Waals surface area contributed by atoms with Gasteiger partial charge >= 0.3 is 0 Å². The highest BCUT2D eigenvalue weighted by Crippen LogP contribution is 1.98. The summed E-state index contributed by atoms with van der Waals surface area (Å²) in [5.74, 6) is 0. The van der Waals surface area contributed by atoms with Crippen LogP contribution in [0.15, 0.2) is 56.2 Å². The number of imidazole rings is 3. The molecule has 138 valence electrons. The van der Waals surface area contributed by atoms with Crippen molar-refractivity contribution in [2.75, 3.05) is 10.7 Å². The minimum atomic E-state index is 1.05. The van der Waals surface area contributed by atoms with Gasteiger partial charge in [0.1, 0.15) is 0 Å². The number of aromatic nitrogens is 6. The smallest absolute Gasteiger partial charge is 0.0945 e. The van der Waals surface area contributed by atoms with E-state index in [0.29, 0.717) is 0 Å². The molecule has 0 fully saturated rings. The standard InChI is InChI=1S/C10H14N4.C4H8Br2.C3H4N2/c1(5-13-7-3-11-9-13)2-6-14-8-4-12-10-14;5-3-1-2-4-6;1-2-5-3-4-1/h3-4,7-10H,1-2,5-6H2;1-4H2;1-3H,(H,4,5). The van der Waals surface area contributed by atoms with Crippen molar-refractivity contribution < 1.29 is 0 Å². The SMILES string of the molecule is BrCCCCBr.c1c[nH]cn1.c1cn(CCCCn2ccnc2)cn1. The van der Waals surface area contributed by atoms with Crippen LogP contribution < -0.4 is 0 Å². The Morgan fingerprint density at radius 3 is 1.56 bits per heavy atom. The number of nitrogens with zero attached hydrogens (tertiary/aromatic N) is 5. The van der Waals surface area contributed by atoms with Gasteiger partial charge in [0.25, 0.3) is 0 Å². The van der Waals surface area contributed by atoms with E-state index in [4.69, 9.17) is 0 Å². The third kappa shape index (κ3) is 12.6. The molecule has 0 aliphatic heterocycles. The van der Waals surface area contributed by atoms with Crippen molar-refractivity contribution in [2.24, 2.45) is 0 Å². The van der Waals surface area contributed by atoms with Crippen LogP contribution in [0.25, 0.3) is 0 Å². The number of unbranched alkanes of at least 4 members (excludes halogenated alkanes) is 2. The van der Waals surface area contributed by atoms with Crippen molar-refractivity contribution in [3.05, 3.63) is 56.2 Å². The first-order chi connectivity index (χ1) is 12.4. The Bertz CT molecular complexity index is 509. The monoisotopic (exact) mass is 472 g/mol. The van der Waals surface area contributed by atoms with Crippen LogP contribution in [0, 0.1) is 0 Å². The van der Waals surface area contributed by atoms with Crippen molar-refractivity contribution in [3.63, 3.8) is 0 Å². The van der Waals surface area contributed by atoms with Crippen molar-refractivity contribution in [1.29, 1.82) is 0 Å². The van der Waals surface area contributed by atoms with Gasteiger partial charge in [0.05, 0.1) is 19.0 Å². The Morgan fingerprint density at radius 1 is 0.720 bits per heavy atom. The molecule has 8 heteroatoms. The van der Waals surface area contributed by atoms with Gasteiger partial charge in [-0.25, -0.2) is 15.0 Å². The highest BCUT2D eigenvalue weighted by atomic mass is 79.9. The predicted octanol–water partition coefficient (Wildman–Crippen LogP) is 4.53. The molecule has 0 aliphatic rings. The van der Waals surface area contributed by atoms with Crippen molar-refractivity contribution in [3.8, 4) is 0 Å². The molecule has 3 heterocycles. The molecule has 0 atom stereocenters. The van der Waals surface area contributed by atoms with Gasteiger partial charge in [0.2, 0.25) is 0 Å². The quantitative estimate of drug-likeness (QED) is 0.386. The molecule has 1 N–H and O–H groups in total. The summed E-state index contributed by atoms with van der Waals surface area (Å²) >= 11 is 6.66. The van der Waals surface area contributed by atoms with E-state index in [-0.39, 0.29) is 0 Å². The second-order valence-electron chi connectivity index (χ2n) is 5.15. The van der Waals surface area contributed by atoms with Gasteiger partial charge in [-0.2, -0.15) is 0 Å². The van der Waals surface area contributed by atoms with Crippen LogP contribution in [0.4, 0.5) is 0 Å². The molecule has 0 bridgehead atoms. The van der Waals surface area contributed by atoms with E-state index in [0.717, 1.165) is 23.7 Å². The van der Waals surface area contributed by atoms with Gasteiger partial charge in [0.15, 0.2) is 0 Å². The summed E-state index contributed by atoms with van der Waals surface area (Å²) in [4.78, 5) is 14.4. The largest absolute Gasteiger partial charge is 0.351 e. The van der Waals surface area contributed by atoms with Crippen LogP contribution in [0.3, 0.4) is 0 Å². The number of aromatic amines is 1. The predicted molar refractivity (Wildman–Crippen MR) is 109 cm³/mol. The minimum absolute atomic E-state index is 1.05. The lowest BCUT2D eigenvalue weighted by Gasteiger charge is -2.02. The maximum absolute atomic E-state index is 4.00. The molecule has 3 aromatic rings. The normalized spacial score (nSPS) is 9.68. The van der Waals surface area contributed by atoms with E-state index in [1.165, 1.54) is 25.7 Å². The number of nitrogens with one attached hydrogen (secondary N) is 1. The van der Waals surface area contributed by atoms with E-state index < -0.39 is 0 Å². The lowest BCUT2D eigenvalue weighted by molar-refractivity contribution is 0.552. The molecular weight excluding hydrogens is 448 g/mol. The Labute approximate surface area is 166 Å². The highest BCUT2D eigenvalue weighted by Gasteiger charge is 1.92. The summed E-state index contributed by atoms with van der Waals surface area (Å²) in [5, 5.41) is 2.28. The Hall–Kier alpha value is -1.41. The molecule has 6 nitrogen and oxygen atoms in total. The molecule has 0 amide bonds. The average Bonchev–Trinajstić information content (AvgIpc) is 3.41. The number of halogens is 2. The van der Waals surface area contributed by atoms with Gasteiger partial charge in [0, 0.05) is 60.9 Å². The first-order valence-corrected chi connectivity index (χ1v) is 10.6. The second-order valence-corrected chi connectivity index (χ2v) is 6.74. The second kappa shape index (κ2) is 16.1. The molecule has 25 heavy (non-hydrogen) atoms. The minimum Gasteiger partial charge on any atom is -0.351 e. The van der Waals surface area contributed by atoms with Gasteiger partial charge in [-0.05, 0) is 25.7 Å². The fourth-order valence-corrected chi connectivity index (χ4v) is 2.62. The molecule has 0 aliphatic carbocycles. The van der Waals surface area contributed by atoms with Crippen molar-refractivity contribution >= 4 is 31.9 Å². The van der Waals surface area contributed by atoms with Crippen LogP contribution >= 0.6 is 31.9 Å². The fraction of sp³-hybridized carbons (Fsp3) is 0.471. The van der Waals surface area contributed by atoms with Crippen LogP contribution in [0.2, 0.25) is 0 Å². The summed E-state index contributed by atoms with van der Waals surface area (Å²) < 4.78 is 4.21. The molecule has 0 spiro atoms. The van der Waals surface area contributed by atoms with Crippen LogP contribution in [0.1, 0.15) is 25.7 Å². The molecule has 0 unspecified atom stereocenters. The number of H-pyrrole nitrogens is 1. The van der Waals surface area contributed by atoms with Crippen molar-refractivity contribution in [2.45, 2.75) is 38.8 Å². The zero-order valence-corrected chi connectivity index (χ0v) is 17.5. The average molecular weight is 474 g/mol. The zero-order valence-electron chi connectivity index (χ0n) is 14.3. The maximum Gasteiger partial charge on any atom is 0.0945 e. The number of rotatable bonds is 8. The zero-order chi connectivity index (χ0) is 18.0.